The summed E-state index contributed by atoms with van der Waals surface area (Å²) < 4.78 is 42.4. The molecule has 6 nitrogen and oxygen atoms in total. The van der Waals surface area contributed by atoms with E-state index in [2.05, 4.69) is 15.0 Å². The predicted octanol–water partition coefficient (Wildman–Crippen LogP) is 3.19. The molecule has 0 radical (unpaired) electrons. The minimum atomic E-state index is -4.45. The molecule has 2 aromatic heterocycles. The van der Waals surface area contributed by atoms with Crippen LogP contribution in [0.15, 0.2) is 18.6 Å². The monoisotopic (exact) mass is 406 g/mol. The standard InChI is InChI=1S/C15H18ClF3N6S/c1-22-9-21-25(14(22)26)10-23-3-2-4-24(6-5-23)13-12(16)7-11(8-20-13)15(17,18)19/h7-9H,2-6,10H2,1H3. The fourth-order valence-electron chi connectivity index (χ4n) is 2.85. The van der Waals surface area contributed by atoms with E-state index >= 15 is 0 Å². The van der Waals surface area contributed by atoms with E-state index in [4.69, 9.17) is 23.8 Å². The quantitative estimate of drug-likeness (QED) is 0.732. The fourth-order valence-corrected chi connectivity index (χ4v) is 3.29. The molecule has 0 unspecified atom stereocenters. The van der Waals surface area contributed by atoms with Gasteiger partial charge in [0, 0.05) is 39.4 Å². The lowest BCUT2D eigenvalue weighted by atomic mass is 10.2. The second-order valence-corrected chi connectivity index (χ2v) is 6.92. The van der Waals surface area contributed by atoms with Crippen molar-refractivity contribution in [1.82, 2.24) is 24.2 Å². The molecule has 0 saturated carbocycles. The van der Waals surface area contributed by atoms with Crippen LogP contribution in [0.25, 0.3) is 0 Å². The summed E-state index contributed by atoms with van der Waals surface area (Å²) in [5, 5.41) is 4.26. The van der Waals surface area contributed by atoms with E-state index in [0.29, 0.717) is 36.9 Å². The van der Waals surface area contributed by atoms with Crippen LogP contribution in [-0.4, -0.2) is 50.4 Å². The number of pyridine rings is 1. The van der Waals surface area contributed by atoms with Crippen LogP contribution in [0.2, 0.25) is 5.02 Å². The van der Waals surface area contributed by atoms with Gasteiger partial charge in [-0.1, -0.05) is 11.6 Å². The van der Waals surface area contributed by atoms with E-state index in [9.17, 15) is 13.2 Å². The zero-order valence-electron chi connectivity index (χ0n) is 14.1. The highest BCUT2D eigenvalue weighted by molar-refractivity contribution is 7.71. The lowest BCUT2D eigenvalue weighted by molar-refractivity contribution is -0.137. The number of aromatic nitrogens is 4. The van der Waals surface area contributed by atoms with Gasteiger partial charge in [-0.15, -0.1) is 0 Å². The van der Waals surface area contributed by atoms with Crippen LogP contribution in [0, 0.1) is 4.77 Å². The fraction of sp³-hybridized carbons (Fsp3) is 0.533. The van der Waals surface area contributed by atoms with Crippen molar-refractivity contribution in [3.63, 3.8) is 0 Å². The van der Waals surface area contributed by atoms with Gasteiger partial charge in [0.05, 0.1) is 17.3 Å². The number of alkyl halides is 3. The van der Waals surface area contributed by atoms with E-state index in [1.165, 1.54) is 0 Å². The van der Waals surface area contributed by atoms with Crippen molar-refractivity contribution >= 4 is 29.6 Å². The van der Waals surface area contributed by atoms with Gasteiger partial charge in [0.2, 0.25) is 0 Å². The van der Waals surface area contributed by atoms with E-state index in [0.717, 1.165) is 25.2 Å². The maximum absolute atomic E-state index is 12.8. The number of rotatable bonds is 3. The lowest BCUT2D eigenvalue weighted by Crippen LogP contribution is -2.33. The Balaban J connectivity index is 1.69. The zero-order chi connectivity index (χ0) is 18.9. The first-order valence-corrected chi connectivity index (χ1v) is 8.83. The first-order valence-electron chi connectivity index (χ1n) is 8.04. The van der Waals surface area contributed by atoms with E-state index < -0.39 is 11.7 Å². The van der Waals surface area contributed by atoms with Gasteiger partial charge in [-0.05, 0) is 24.7 Å². The Morgan fingerprint density at radius 1 is 1.23 bits per heavy atom. The SMILES string of the molecule is Cn1cnn(CN2CCCN(c3ncc(C(F)(F)F)cc3Cl)CC2)c1=S. The Bertz CT molecular complexity index is 834. The van der Waals surface area contributed by atoms with E-state index in [-0.39, 0.29) is 5.02 Å². The van der Waals surface area contributed by atoms with Crippen molar-refractivity contribution in [3.8, 4) is 0 Å². The van der Waals surface area contributed by atoms with Crippen LogP contribution in [0.1, 0.15) is 12.0 Å². The molecule has 3 heterocycles. The summed E-state index contributed by atoms with van der Waals surface area (Å²) in [6.45, 7) is 3.38. The number of hydrogen-bond acceptors (Lipinski definition) is 5. The summed E-state index contributed by atoms with van der Waals surface area (Å²) in [4.78, 5) is 8.07. The van der Waals surface area contributed by atoms with E-state index in [1.807, 2.05) is 11.9 Å². The van der Waals surface area contributed by atoms with Crippen molar-refractivity contribution < 1.29 is 13.2 Å². The number of nitrogens with zero attached hydrogens (tertiary/aromatic N) is 6. The van der Waals surface area contributed by atoms with Gasteiger partial charge >= 0.3 is 6.18 Å². The van der Waals surface area contributed by atoms with Crippen molar-refractivity contribution in [3.05, 3.63) is 33.9 Å². The molecule has 1 aliphatic heterocycles. The minimum Gasteiger partial charge on any atom is -0.354 e. The number of halogens is 4. The average Bonchev–Trinajstić information content (AvgIpc) is 2.77. The normalized spacial score (nSPS) is 16.7. The lowest BCUT2D eigenvalue weighted by Gasteiger charge is -2.24. The second-order valence-electron chi connectivity index (χ2n) is 6.15. The van der Waals surface area contributed by atoms with Gasteiger partial charge in [-0.3, -0.25) is 4.90 Å². The highest BCUT2D eigenvalue weighted by atomic mass is 35.5. The van der Waals surface area contributed by atoms with Gasteiger partial charge < -0.3 is 9.47 Å². The third-order valence-corrected chi connectivity index (χ3v) is 5.03. The maximum atomic E-state index is 12.8. The molecule has 3 rings (SSSR count). The predicted molar refractivity (Wildman–Crippen MR) is 94.7 cm³/mol. The Morgan fingerprint density at radius 2 is 2.00 bits per heavy atom. The molecule has 0 aromatic carbocycles. The maximum Gasteiger partial charge on any atom is 0.417 e. The summed E-state index contributed by atoms with van der Waals surface area (Å²) in [6.07, 6.45) is -1.12. The Labute approximate surface area is 158 Å². The highest BCUT2D eigenvalue weighted by Gasteiger charge is 2.32. The van der Waals surface area contributed by atoms with Crippen molar-refractivity contribution in [1.29, 1.82) is 0 Å². The van der Waals surface area contributed by atoms with Gasteiger partial charge in [0.1, 0.15) is 12.1 Å². The summed E-state index contributed by atoms with van der Waals surface area (Å²) >= 11 is 11.4. The molecule has 0 atom stereocenters. The molecule has 2 aromatic rings. The van der Waals surface area contributed by atoms with Crippen LogP contribution in [0.5, 0.6) is 0 Å². The topological polar surface area (TPSA) is 42.1 Å². The summed E-state index contributed by atoms with van der Waals surface area (Å²) in [7, 11) is 1.84. The second kappa shape index (κ2) is 7.53. The van der Waals surface area contributed by atoms with Crippen molar-refractivity contribution in [2.45, 2.75) is 19.3 Å². The van der Waals surface area contributed by atoms with Crippen LogP contribution in [0.3, 0.4) is 0 Å². The van der Waals surface area contributed by atoms with Crippen LogP contribution in [0.4, 0.5) is 19.0 Å². The van der Waals surface area contributed by atoms with Crippen LogP contribution in [-0.2, 0) is 19.9 Å². The molecule has 0 amide bonds. The van der Waals surface area contributed by atoms with Gasteiger partial charge in [0.25, 0.3) is 0 Å². The minimum absolute atomic E-state index is 0.0141. The van der Waals surface area contributed by atoms with Crippen LogP contribution < -0.4 is 4.90 Å². The largest absolute Gasteiger partial charge is 0.417 e. The molecule has 1 saturated heterocycles. The summed E-state index contributed by atoms with van der Waals surface area (Å²) in [5.74, 6) is 0.385. The first-order chi connectivity index (χ1) is 12.3. The van der Waals surface area contributed by atoms with Crippen LogP contribution >= 0.6 is 23.8 Å². The molecule has 1 fully saturated rings. The molecule has 0 N–H and O–H groups in total. The van der Waals surface area contributed by atoms with E-state index in [1.54, 1.807) is 15.6 Å². The zero-order valence-corrected chi connectivity index (χ0v) is 15.7. The molecule has 142 valence electrons. The molecular formula is C15H18ClF3N6S. The first kappa shape index (κ1) is 19.1. The van der Waals surface area contributed by atoms with Crippen molar-refractivity contribution in [2.75, 3.05) is 31.1 Å². The van der Waals surface area contributed by atoms with Gasteiger partial charge in [-0.25, -0.2) is 9.67 Å². The Hall–Kier alpha value is -1.65. The molecule has 26 heavy (non-hydrogen) atoms. The van der Waals surface area contributed by atoms with Gasteiger partial charge in [0.15, 0.2) is 4.77 Å². The van der Waals surface area contributed by atoms with Gasteiger partial charge in [-0.2, -0.15) is 18.3 Å². The Kier molecular flexibility index (Phi) is 5.54. The number of hydrogen-bond donors (Lipinski definition) is 0. The number of aryl methyl sites for hydroxylation is 1. The summed E-state index contributed by atoms with van der Waals surface area (Å²) in [6, 6.07) is 0.930. The molecular weight excluding hydrogens is 389 g/mol. The molecule has 0 bridgehead atoms. The average molecular weight is 407 g/mol. The Morgan fingerprint density at radius 3 is 2.62 bits per heavy atom. The third-order valence-electron chi connectivity index (χ3n) is 4.26. The molecule has 1 aliphatic rings. The third kappa shape index (κ3) is 4.18. The molecule has 0 aliphatic carbocycles. The summed E-state index contributed by atoms with van der Waals surface area (Å²) in [5.41, 5.74) is -0.841. The highest BCUT2D eigenvalue weighted by Crippen LogP contribution is 2.33. The number of anilines is 1. The smallest absolute Gasteiger partial charge is 0.354 e. The molecule has 11 heteroatoms. The molecule has 0 spiro atoms. The van der Waals surface area contributed by atoms with Crippen molar-refractivity contribution in [2.24, 2.45) is 7.05 Å².